The monoisotopic (exact) mass is 287 g/mol. The molecule has 0 aromatic carbocycles. The minimum Gasteiger partial charge on any atom is -0.455 e. The maximum atomic E-state index is 11.5. The zero-order chi connectivity index (χ0) is 13.9. The van der Waals surface area contributed by atoms with E-state index in [0.29, 0.717) is 31.8 Å². The van der Waals surface area contributed by atoms with Crippen LogP contribution in [0.5, 0.6) is 0 Å². The molecule has 8 heteroatoms. The first-order valence-electron chi connectivity index (χ1n) is 6.02. The predicted octanol–water partition coefficient (Wildman–Crippen LogP) is -0.496. The first kappa shape index (κ1) is 14.0. The maximum Gasteiger partial charge on any atom is 0.300 e. The van der Waals surface area contributed by atoms with Crippen LogP contribution in [0.25, 0.3) is 0 Å². The smallest absolute Gasteiger partial charge is 0.300 e. The van der Waals surface area contributed by atoms with Crippen molar-refractivity contribution in [2.24, 2.45) is 5.84 Å². The number of carbonyl (C=O) groups is 1. The van der Waals surface area contributed by atoms with Crippen molar-refractivity contribution >= 4 is 15.7 Å². The predicted molar refractivity (Wildman–Crippen MR) is 68.9 cm³/mol. The molecule has 1 aliphatic rings. The minimum absolute atomic E-state index is 0.153. The quantitative estimate of drug-likeness (QED) is 0.441. The van der Waals surface area contributed by atoms with Crippen molar-refractivity contribution in [2.75, 3.05) is 24.6 Å². The fourth-order valence-corrected chi connectivity index (χ4v) is 3.33. The average molecular weight is 287 g/mol. The third kappa shape index (κ3) is 3.79. The van der Waals surface area contributed by atoms with Crippen LogP contribution < -0.4 is 11.3 Å². The minimum atomic E-state index is -2.91. The Balaban J connectivity index is 1.97. The number of nitrogen functional groups attached to an aromatic ring is 1. The first-order chi connectivity index (χ1) is 9.00. The molecular formula is C11H17N3O4S. The Morgan fingerprint density at radius 2 is 2.16 bits per heavy atom. The van der Waals surface area contributed by atoms with Crippen LogP contribution in [-0.4, -0.2) is 43.8 Å². The SMILES string of the molecule is NNC(=O)c1ccc(CN2CCCS(=O)(=O)CC2)o1. The summed E-state index contributed by atoms with van der Waals surface area (Å²) >= 11 is 0. The molecule has 0 bridgehead atoms. The molecule has 1 aromatic rings. The normalized spacial score (nSPS) is 19.8. The van der Waals surface area contributed by atoms with Gasteiger partial charge in [-0.2, -0.15) is 0 Å². The molecule has 2 heterocycles. The Morgan fingerprint density at radius 1 is 1.37 bits per heavy atom. The lowest BCUT2D eigenvalue weighted by atomic mass is 10.3. The topological polar surface area (TPSA) is 106 Å². The Morgan fingerprint density at radius 3 is 2.89 bits per heavy atom. The van der Waals surface area contributed by atoms with E-state index in [-0.39, 0.29) is 17.3 Å². The first-order valence-corrected chi connectivity index (χ1v) is 7.85. The van der Waals surface area contributed by atoms with E-state index in [1.165, 1.54) is 0 Å². The standard InChI is InChI=1S/C11H17N3O4S/c12-13-11(15)10-3-2-9(18-10)8-14-4-1-6-19(16,17)7-5-14/h2-3H,1,4-8,12H2,(H,13,15). The Kier molecular flexibility index (Phi) is 4.23. The molecule has 7 nitrogen and oxygen atoms in total. The number of furan rings is 1. The Labute approximate surface area is 111 Å². The third-order valence-corrected chi connectivity index (χ3v) is 4.76. The fourth-order valence-electron chi connectivity index (χ4n) is 2.02. The summed E-state index contributed by atoms with van der Waals surface area (Å²) in [4.78, 5) is 13.2. The van der Waals surface area contributed by atoms with Crippen molar-refractivity contribution in [2.45, 2.75) is 13.0 Å². The lowest BCUT2D eigenvalue weighted by molar-refractivity contribution is 0.0922. The number of carbonyl (C=O) groups excluding carboxylic acids is 1. The summed E-state index contributed by atoms with van der Waals surface area (Å²) in [5.74, 6) is 5.71. The van der Waals surface area contributed by atoms with Crippen LogP contribution in [0.4, 0.5) is 0 Å². The highest BCUT2D eigenvalue weighted by Gasteiger charge is 2.20. The number of rotatable bonds is 3. The molecule has 1 saturated heterocycles. The summed E-state index contributed by atoms with van der Waals surface area (Å²) < 4.78 is 28.3. The van der Waals surface area contributed by atoms with Gasteiger partial charge in [0, 0.05) is 6.54 Å². The lowest BCUT2D eigenvalue weighted by Gasteiger charge is -2.17. The number of hydrogen-bond acceptors (Lipinski definition) is 6. The molecular weight excluding hydrogens is 270 g/mol. The number of hydrogen-bond donors (Lipinski definition) is 2. The van der Waals surface area contributed by atoms with Crippen LogP contribution in [0.3, 0.4) is 0 Å². The van der Waals surface area contributed by atoms with Gasteiger partial charge in [0.2, 0.25) is 0 Å². The number of hydrazine groups is 1. The number of nitrogens with one attached hydrogen (secondary N) is 1. The maximum absolute atomic E-state index is 11.5. The molecule has 0 radical (unpaired) electrons. The highest BCUT2D eigenvalue weighted by Crippen LogP contribution is 2.13. The van der Waals surface area contributed by atoms with E-state index in [1.54, 1.807) is 12.1 Å². The van der Waals surface area contributed by atoms with Crippen LogP contribution in [0.1, 0.15) is 22.7 Å². The van der Waals surface area contributed by atoms with Gasteiger partial charge in [-0.3, -0.25) is 15.1 Å². The van der Waals surface area contributed by atoms with Crippen LogP contribution in [0.15, 0.2) is 16.5 Å². The molecule has 0 spiro atoms. The van der Waals surface area contributed by atoms with Gasteiger partial charge in [-0.15, -0.1) is 0 Å². The van der Waals surface area contributed by atoms with Crippen LogP contribution in [0.2, 0.25) is 0 Å². The van der Waals surface area contributed by atoms with Gasteiger partial charge < -0.3 is 4.42 Å². The van der Waals surface area contributed by atoms with Crippen molar-refractivity contribution in [3.8, 4) is 0 Å². The highest BCUT2D eigenvalue weighted by molar-refractivity contribution is 7.91. The molecule has 3 N–H and O–H groups in total. The summed E-state index contributed by atoms with van der Waals surface area (Å²) in [6.45, 7) is 1.69. The highest BCUT2D eigenvalue weighted by atomic mass is 32.2. The zero-order valence-corrected chi connectivity index (χ0v) is 11.3. The average Bonchev–Trinajstić information content (AvgIpc) is 2.76. The largest absolute Gasteiger partial charge is 0.455 e. The second-order valence-electron chi connectivity index (χ2n) is 4.52. The van der Waals surface area contributed by atoms with Crippen molar-refractivity contribution in [3.05, 3.63) is 23.7 Å². The second-order valence-corrected chi connectivity index (χ2v) is 6.82. The van der Waals surface area contributed by atoms with E-state index in [9.17, 15) is 13.2 Å². The summed E-state index contributed by atoms with van der Waals surface area (Å²) in [6, 6.07) is 3.25. The summed E-state index contributed by atoms with van der Waals surface area (Å²) in [5.41, 5.74) is 1.99. The molecule has 1 amide bonds. The van der Waals surface area contributed by atoms with Gasteiger partial charge in [-0.1, -0.05) is 0 Å². The fraction of sp³-hybridized carbons (Fsp3) is 0.545. The number of nitrogens with zero attached hydrogens (tertiary/aromatic N) is 1. The van der Waals surface area contributed by atoms with Gasteiger partial charge in [-0.05, 0) is 25.1 Å². The van der Waals surface area contributed by atoms with Crippen LogP contribution in [-0.2, 0) is 16.4 Å². The summed E-state index contributed by atoms with van der Waals surface area (Å²) in [5, 5.41) is 0. The van der Waals surface area contributed by atoms with Crippen LogP contribution >= 0.6 is 0 Å². The van der Waals surface area contributed by atoms with E-state index < -0.39 is 15.7 Å². The van der Waals surface area contributed by atoms with Crippen molar-refractivity contribution in [3.63, 3.8) is 0 Å². The van der Waals surface area contributed by atoms with Crippen molar-refractivity contribution < 1.29 is 17.6 Å². The van der Waals surface area contributed by atoms with E-state index in [0.717, 1.165) is 0 Å². The van der Waals surface area contributed by atoms with E-state index >= 15 is 0 Å². The molecule has 0 aliphatic carbocycles. The molecule has 0 unspecified atom stereocenters. The summed E-state index contributed by atoms with van der Waals surface area (Å²) in [6.07, 6.45) is 0.624. The van der Waals surface area contributed by atoms with E-state index in [4.69, 9.17) is 10.3 Å². The summed E-state index contributed by atoms with van der Waals surface area (Å²) in [7, 11) is -2.91. The molecule has 0 atom stereocenters. The van der Waals surface area contributed by atoms with Gasteiger partial charge in [0.05, 0.1) is 18.1 Å². The zero-order valence-electron chi connectivity index (χ0n) is 10.5. The van der Waals surface area contributed by atoms with Gasteiger partial charge in [0.1, 0.15) is 5.76 Å². The molecule has 0 saturated carbocycles. The number of nitrogens with two attached hydrogens (primary N) is 1. The second kappa shape index (κ2) is 5.72. The number of sulfone groups is 1. The van der Waals surface area contributed by atoms with E-state index in [2.05, 4.69) is 0 Å². The molecule has 1 aromatic heterocycles. The van der Waals surface area contributed by atoms with Gasteiger partial charge in [0.25, 0.3) is 0 Å². The molecule has 19 heavy (non-hydrogen) atoms. The molecule has 1 fully saturated rings. The van der Waals surface area contributed by atoms with E-state index in [1.807, 2.05) is 10.3 Å². The Hall–Kier alpha value is -1.38. The lowest BCUT2D eigenvalue weighted by Crippen LogP contribution is -2.29. The van der Waals surface area contributed by atoms with Gasteiger partial charge in [0.15, 0.2) is 15.6 Å². The third-order valence-electron chi connectivity index (χ3n) is 3.04. The van der Waals surface area contributed by atoms with Gasteiger partial charge >= 0.3 is 5.91 Å². The molecule has 1 aliphatic heterocycles. The Bertz CT molecular complexity index is 552. The van der Waals surface area contributed by atoms with Crippen molar-refractivity contribution in [1.82, 2.24) is 10.3 Å². The molecule has 106 valence electrons. The van der Waals surface area contributed by atoms with Gasteiger partial charge in [-0.25, -0.2) is 14.3 Å². The van der Waals surface area contributed by atoms with Crippen LogP contribution in [0, 0.1) is 0 Å². The molecule has 2 rings (SSSR count). The van der Waals surface area contributed by atoms with Crippen molar-refractivity contribution in [1.29, 1.82) is 0 Å². The number of amides is 1.